The van der Waals surface area contributed by atoms with Crippen LogP contribution in [0.4, 0.5) is 0 Å². The first-order chi connectivity index (χ1) is 13.1. The van der Waals surface area contributed by atoms with Crippen LogP contribution >= 0.6 is 11.3 Å². The number of carbonyl (C=O) groups is 2. The molecule has 0 spiro atoms. The highest BCUT2D eigenvalue weighted by Crippen LogP contribution is 2.22. The van der Waals surface area contributed by atoms with E-state index in [-0.39, 0.29) is 12.5 Å². The molecule has 2 aromatic carbocycles. The van der Waals surface area contributed by atoms with Crippen molar-refractivity contribution in [1.29, 1.82) is 0 Å². The Morgan fingerprint density at radius 2 is 1.93 bits per heavy atom. The first-order valence-corrected chi connectivity index (χ1v) is 9.06. The Balaban J connectivity index is 1.43. The average Bonchev–Trinajstić information content (AvgIpc) is 3.12. The third kappa shape index (κ3) is 5.39. The number of carbonyl (C=O) groups excluding carboxylic acids is 2. The summed E-state index contributed by atoms with van der Waals surface area (Å²) in [5, 5.41) is 3.40. The van der Waals surface area contributed by atoms with Gasteiger partial charge in [-0.25, -0.2) is 9.78 Å². The van der Waals surface area contributed by atoms with Gasteiger partial charge < -0.3 is 14.8 Å². The number of benzene rings is 2. The molecule has 0 aliphatic rings. The van der Waals surface area contributed by atoms with E-state index in [1.807, 2.05) is 48.5 Å². The predicted molar refractivity (Wildman–Crippen MR) is 104 cm³/mol. The van der Waals surface area contributed by atoms with E-state index in [0.29, 0.717) is 11.6 Å². The highest BCUT2D eigenvalue weighted by molar-refractivity contribution is 7.19. The van der Waals surface area contributed by atoms with Gasteiger partial charge in [-0.15, -0.1) is 11.3 Å². The van der Waals surface area contributed by atoms with Gasteiger partial charge in [-0.3, -0.25) is 4.79 Å². The van der Waals surface area contributed by atoms with Crippen molar-refractivity contribution in [1.82, 2.24) is 10.3 Å². The Labute approximate surface area is 160 Å². The molecule has 0 bridgehead atoms. The number of nitrogens with one attached hydrogen (secondary N) is 1. The number of nitrogens with zero attached hydrogens (tertiary/aromatic N) is 1. The van der Waals surface area contributed by atoms with Gasteiger partial charge in [-0.1, -0.05) is 24.3 Å². The van der Waals surface area contributed by atoms with E-state index in [1.54, 1.807) is 13.2 Å². The fourth-order valence-corrected chi connectivity index (χ4v) is 3.15. The topological polar surface area (TPSA) is 77.5 Å². The molecule has 1 aromatic heterocycles. The highest BCUT2D eigenvalue weighted by Gasteiger charge is 2.06. The molecule has 3 aromatic rings. The zero-order chi connectivity index (χ0) is 19.1. The van der Waals surface area contributed by atoms with E-state index < -0.39 is 5.97 Å². The lowest BCUT2D eigenvalue weighted by Gasteiger charge is -2.06. The quantitative estimate of drug-likeness (QED) is 0.502. The van der Waals surface area contributed by atoms with Gasteiger partial charge in [0.2, 0.25) is 0 Å². The van der Waals surface area contributed by atoms with Crippen LogP contribution in [0.5, 0.6) is 5.75 Å². The van der Waals surface area contributed by atoms with E-state index in [9.17, 15) is 9.59 Å². The molecular formula is C20H18N2O4S. The fourth-order valence-electron chi connectivity index (χ4n) is 2.28. The third-order valence-corrected chi connectivity index (χ3v) is 4.67. The van der Waals surface area contributed by atoms with Crippen molar-refractivity contribution >= 4 is 39.5 Å². The van der Waals surface area contributed by atoms with Crippen molar-refractivity contribution in [2.45, 2.75) is 6.54 Å². The van der Waals surface area contributed by atoms with E-state index in [1.165, 1.54) is 17.4 Å². The minimum Gasteiger partial charge on any atom is -0.497 e. The number of fused-ring (bicyclic) bond motifs is 1. The molecule has 1 N–H and O–H groups in total. The van der Waals surface area contributed by atoms with Crippen LogP contribution in [0.15, 0.2) is 54.6 Å². The number of hydrogen-bond donors (Lipinski definition) is 1. The molecule has 0 aliphatic heterocycles. The van der Waals surface area contributed by atoms with Gasteiger partial charge in [0.15, 0.2) is 6.61 Å². The summed E-state index contributed by atoms with van der Waals surface area (Å²) in [4.78, 5) is 27.9. The molecule has 0 radical (unpaired) electrons. The number of amides is 1. The molecule has 0 saturated heterocycles. The molecule has 7 heteroatoms. The highest BCUT2D eigenvalue weighted by atomic mass is 32.1. The van der Waals surface area contributed by atoms with Gasteiger partial charge in [0.25, 0.3) is 5.91 Å². The first-order valence-electron chi connectivity index (χ1n) is 8.24. The van der Waals surface area contributed by atoms with E-state index in [4.69, 9.17) is 9.47 Å². The summed E-state index contributed by atoms with van der Waals surface area (Å²) in [6, 6.07) is 15.1. The maximum atomic E-state index is 11.8. The Morgan fingerprint density at radius 3 is 2.67 bits per heavy atom. The van der Waals surface area contributed by atoms with Crippen LogP contribution in [0.3, 0.4) is 0 Å². The molecule has 3 rings (SSSR count). The number of para-hydroxylation sites is 1. The minimum absolute atomic E-state index is 0.334. The monoisotopic (exact) mass is 382 g/mol. The lowest BCUT2D eigenvalue weighted by atomic mass is 10.2. The average molecular weight is 382 g/mol. The molecule has 0 aliphatic carbocycles. The summed E-state index contributed by atoms with van der Waals surface area (Å²) >= 11 is 1.48. The predicted octanol–water partition coefficient (Wildman–Crippen LogP) is 3.18. The van der Waals surface area contributed by atoms with Crippen LogP contribution in [0, 0.1) is 0 Å². The second-order valence-corrected chi connectivity index (χ2v) is 6.65. The van der Waals surface area contributed by atoms with Gasteiger partial charge in [0.1, 0.15) is 10.8 Å². The summed E-state index contributed by atoms with van der Waals surface area (Å²) in [5.41, 5.74) is 1.81. The number of rotatable bonds is 7. The zero-order valence-corrected chi connectivity index (χ0v) is 15.5. The Kier molecular flexibility index (Phi) is 6.17. The van der Waals surface area contributed by atoms with Crippen LogP contribution in [-0.4, -0.2) is 30.6 Å². The molecule has 6 nitrogen and oxygen atoms in total. The molecule has 0 saturated carbocycles. The molecule has 138 valence electrons. The minimum atomic E-state index is -0.589. The van der Waals surface area contributed by atoms with Crippen LogP contribution in [0.1, 0.15) is 10.6 Å². The number of esters is 1. The molecule has 1 amide bonds. The Hall–Kier alpha value is -3.19. The summed E-state index contributed by atoms with van der Waals surface area (Å²) in [6.07, 6.45) is 2.86. The number of ether oxygens (including phenoxy) is 2. The van der Waals surface area contributed by atoms with Crippen LogP contribution < -0.4 is 10.1 Å². The number of aromatic nitrogens is 1. The number of hydrogen-bond acceptors (Lipinski definition) is 6. The molecule has 0 unspecified atom stereocenters. The summed E-state index contributed by atoms with van der Waals surface area (Å²) in [6.45, 7) is 0.0150. The maximum Gasteiger partial charge on any atom is 0.331 e. The molecule has 0 fully saturated rings. The standard InChI is InChI=1S/C20H18N2O4S/c1-25-15-8-6-14(7-9-15)12-21-18(23)13-26-20(24)11-10-19-22-16-4-2-3-5-17(16)27-19/h2-11H,12-13H2,1H3,(H,21,23)/b11-10+. The van der Waals surface area contributed by atoms with Crippen LogP contribution in [0.2, 0.25) is 0 Å². The normalized spacial score (nSPS) is 10.9. The van der Waals surface area contributed by atoms with Crippen molar-refractivity contribution in [3.8, 4) is 5.75 Å². The fraction of sp³-hybridized carbons (Fsp3) is 0.150. The smallest absolute Gasteiger partial charge is 0.331 e. The first kappa shape index (κ1) is 18.6. The summed E-state index contributed by atoms with van der Waals surface area (Å²) in [7, 11) is 1.59. The van der Waals surface area contributed by atoms with E-state index in [0.717, 1.165) is 21.5 Å². The van der Waals surface area contributed by atoms with E-state index >= 15 is 0 Å². The maximum absolute atomic E-state index is 11.8. The SMILES string of the molecule is COc1ccc(CNC(=O)COC(=O)/C=C/c2nc3ccccc3s2)cc1. The lowest BCUT2D eigenvalue weighted by molar-refractivity contribution is -0.143. The van der Waals surface area contributed by atoms with Crippen molar-refractivity contribution in [2.75, 3.05) is 13.7 Å². The van der Waals surface area contributed by atoms with Crippen LogP contribution in [0.25, 0.3) is 16.3 Å². The second-order valence-electron chi connectivity index (χ2n) is 5.59. The lowest BCUT2D eigenvalue weighted by Crippen LogP contribution is -2.28. The molecular weight excluding hydrogens is 364 g/mol. The second kappa shape index (κ2) is 8.95. The molecule has 27 heavy (non-hydrogen) atoms. The largest absolute Gasteiger partial charge is 0.497 e. The Morgan fingerprint density at radius 1 is 1.15 bits per heavy atom. The van der Waals surface area contributed by atoms with Crippen LogP contribution in [-0.2, 0) is 20.9 Å². The zero-order valence-electron chi connectivity index (χ0n) is 14.7. The van der Waals surface area contributed by atoms with Crippen molar-refractivity contribution in [3.05, 3.63) is 65.2 Å². The Bertz CT molecular complexity index is 931. The summed E-state index contributed by atoms with van der Waals surface area (Å²) < 4.78 is 11.1. The number of thiazole rings is 1. The molecule has 1 heterocycles. The third-order valence-electron chi connectivity index (χ3n) is 3.67. The van der Waals surface area contributed by atoms with Gasteiger partial charge in [-0.2, -0.15) is 0 Å². The molecule has 0 atom stereocenters. The van der Waals surface area contributed by atoms with Crippen molar-refractivity contribution in [2.24, 2.45) is 0 Å². The van der Waals surface area contributed by atoms with Gasteiger partial charge in [-0.05, 0) is 35.9 Å². The van der Waals surface area contributed by atoms with E-state index in [2.05, 4.69) is 10.3 Å². The van der Waals surface area contributed by atoms with Gasteiger partial charge in [0, 0.05) is 12.6 Å². The van der Waals surface area contributed by atoms with Crippen molar-refractivity contribution < 1.29 is 19.1 Å². The van der Waals surface area contributed by atoms with Crippen molar-refractivity contribution in [3.63, 3.8) is 0 Å². The van der Waals surface area contributed by atoms with Gasteiger partial charge >= 0.3 is 5.97 Å². The van der Waals surface area contributed by atoms with Gasteiger partial charge in [0.05, 0.1) is 17.3 Å². The number of methoxy groups -OCH3 is 1. The summed E-state index contributed by atoms with van der Waals surface area (Å²) in [5.74, 6) is -0.208.